The summed E-state index contributed by atoms with van der Waals surface area (Å²) in [4.78, 5) is 23.9. The van der Waals surface area contributed by atoms with Crippen LogP contribution in [0.2, 0.25) is 0 Å². The lowest BCUT2D eigenvalue weighted by Crippen LogP contribution is -2.30. The van der Waals surface area contributed by atoms with Gasteiger partial charge in [-0.05, 0) is 32.3 Å². The van der Waals surface area contributed by atoms with Crippen molar-refractivity contribution in [2.45, 2.75) is 39.3 Å². The molecule has 1 aliphatic rings. The lowest BCUT2D eigenvalue weighted by Gasteiger charge is -2.07. The van der Waals surface area contributed by atoms with E-state index in [-0.39, 0.29) is 18.6 Å². The van der Waals surface area contributed by atoms with Gasteiger partial charge in [-0.15, -0.1) is 0 Å². The average molecular weight is 327 g/mol. The van der Waals surface area contributed by atoms with E-state index < -0.39 is 5.97 Å². The molecule has 1 fully saturated rings. The van der Waals surface area contributed by atoms with E-state index >= 15 is 0 Å². The van der Waals surface area contributed by atoms with Crippen molar-refractivity contribution >= 4 is 11.9 Å². The third-order valence-electron chi connectivity index (χ3n) is 4.04. The zero-order valence-electron chi connectivity index (χ0n) is 13.9. The van der Waals surface area contributed by atoms with Crippen molar-refractivity contribution in [3.63, 3.8) is 0 Å². The Balaban J connectivity index is 1.66. The van der Waals surface area contributed by atoms with Gasteiger partial charge < -0.3 is 10.1 Å². The van der Waals surface area contributed by atoms with Crippen LogP contribution in [0.4, 0.5) is 0 Å². The van der Waals surface area contributed by atoms with E-state index in [1.165, 1.54) is 0 Å². The summed E-state index contributed by atoms with van der Waals surface area (Å²) in [7, 11) is 0. The first-order chi connectivity index (χ1) is 11.5. The van der Waals surface area contributed by atoms with Crippen molar-refractivity contribution < 1.29 is 14.3 Å². The van der Waals surface area contributed by atoms with Crippen molar-refractivity contribution in [3.05, 3.63) is 52.8 Å². The minimum absolute atomic E-state index is 0.252. The highest BCUT2D eigenvalue weighted by molar-refractivity contribution is 5.93. The summed E-state index contributed by atoms with van der Waals surface area (Å²) in [5, 5.41) is 7.22. The molecule has 0 aliphatic heterocycles. The van der Waals surface area contributed by atoms with Gasteiger partial charge in [0.25, 0.3) is 5.91 Å². The maximum absolute atomic E-state index is 12.3. The molecule has 1 heterocycles. The molecule has 0 bridgehead atoms. The molecule has 0 atom stereocenters. The number of amides is 1. The Labute approximate surface area is 140 Å². The summed E-state index contributed by atoms with van der Waals surface area (Å²) in [6, 6.07) is 10.2. The van der Waals surface area contributed by atoms with Crippen molar-refractivity contribution in [1.82, 2.24) is 15.1 Å². The molecular formula is C18H21N3O3. The van der Waals surface area contributed by atoms with Gasteiger partial charge in [0.2, 0.25) is 0 Å². The van der Waals surface area contributed by atoms with Crippen LogP contribution in [0.25, 0.3) is 0 Å². The van der Waals surface area contributed by atoms with Crippen LogP contribution in [0.3, 0.4) is 0 Å². The Morgan fingerprint density at radius 1 is 1.25 bits per heavy atom. The average Bonchev–Trinajstić information content (AvgIpc) is 3.32. The number of aromatic nitrogens is 2. The minimum atomic E-state index is -0.504. The molecule has 6 heteroatoms. The van der Waals surface area contributed by atoms with E-state index in [4.69, 9.17) is 4.74 Å². The van der Waals surface area contributed by atoms with Crippen molar-refractivity contribution in [2.24, 2.45) is 0 Å². The van der Waals surface area contributed by atoms with Crippen LogP contribution >= 0.6 is 0 Å². The molecule has 1 aromatic heterocycles. The predicted octanol–water partition coefficient (Wildman–Crippen LogP) is 1.98. The Hall–Kier alpha value is -2.63. The Morgan fingerprint density at radius 3 is 2.62 bits per heavy atom. The molecule has 2 aromatic rings. The number of esters is 1. The Morgan fingerprint density at radius 2 is 1.96 bits per heavy atom. The molecule has 3 rings (SSSR count). The van der Waals surface area contributed by atoms with Crippen molar-refractivity contribution in [2.75, 3.05) is 6.61 Å². The van der Waals surface area contributed by atoms with E-state index in [1.807, 2.05) is 37.3 Å². The van der Waals surface area contributed by atoms with Gasteiger partial charge in [0.1, 0.15) is 5.56 Å². The smallest absolute Gasteiger partial charge is 0.342 e. The lowest BCUT2D eigenvalue weighted by molar-refractivity contribution is -0.124. The summed E-state index contributed by atoms with van der Waals surface area (Å²) in [5.74, 6) is -0.756. The Bertz CT molecular complexity index is 748. The fraction of sp³-hybridized carbons (Fsp3) is 0.389. The SMILES string of the molecule is Cc1nn(Cc2ccccc2)c(C)c1C(=O)OCC(=O)NC1CC1. The maximum Gasteiger partial charge on any atom is 0.342 e. The van der Waals surface area contributed by atoms with E-state index in [1.54, 1.807) is 11.6 Å². The first kappa shape index (κ1) is 16.2. The van der Waals surface area contributed by atoms with Gasteiger partial charge in [0.05, 0.1) is 17.9 Å². The fourth-order valence-corrected chi connectivity index (χ4v) is 2.60. The summed E-state index contributed by atoms with van der Waals surface area (Å²) < 4.78 is 6.92. The first-order valence-electron chi connectivity index (χ1n) is 8.09. The summed E-state index contributed by atoms with van der Waals surface area (Å²) in [6.07, 6.45) is 2.01. The van der Waals surface area contributed by atoms with Gasteiger partial charge in [-0.1, -0.05) is 30.3 Å². The molecule has 24 heavy (non-hydrogen) atoms. The number of carbonyl (C=O) groups is 2. The lowest BCUT2D eigenvalue weighted by atomic mass is 10.2. The van der Waals surface area contributed by atoms with E-state index in [2.05, 4.69) is 10.4 Å². The highest BCUT2D eigenvalue weighted by Crippen LogP contribution is 2.19. The van der Waals surface area contributed by atoms with Crippen LogP contribution < -0.4 is 5.32 Å². The number of hydrogen-bond acceptors (Lipinski definition) is 4. The number of rotatable bonds is 6. The van der Waals surface area contributed by atoms with Crippen LogP contribution in [-0.4, -0.2) is 34.3 Å². The van der Waals surface area contributed by atoms with E-state index in [0.29, 0.717) is 17.8 Å². The highest BCUT2D eigenvalue weighted by atomic mass is 16.5. The van der Waals surface area contributed by atoms with Crippen LogP contribution in [0.5, 0.6) is 0 Å². The number of nitrogens with one attached hydrogen (secondary N) is 1. The second kappa shape index (κ2) is 6.86. The van der Waals surface area contributed by atoms with Crippen LogP contribution in [0.15, 0.2) is 30.3 Å². The highest BCUT2D eigenvalue weighted by Gasteiger charge is 2.25. The molecule has 1 aliphatic carbocycles. The molecule has 0 radical (unpaired) electrons. The van der Waals surface area contributed by atoms with Crippen molar-refractivity contribution in [3.8, 4) is 0 Å². The van der Waals surface area contributed by atoms with Crippen LogP contribution in [0.1, 0.15) is 40.2 Å². The molecule has 6 nitrogen and oxygen atoms in total. The summed E-state index contributed by atoms with van der Waals surface area (Å²) in [6.45, 7) is 3.94. The number of ether oxygens (including phenoxy) is 1. The van der Waals surface area contributed by atoms with Gasteiger partial charge in [0, 0.05) is 6.04 Å². The molecule has 1 aromatic carbocycles. The minimum Gasteiger partial charge on any atom is -0.452 e. The molecule has 1 saturated carbocycles. The Kier molecular flexibility index (Phi) is 4.64. The van der Waals surface area contributed by atoms with Crippen molar-refractivity contribution in [1.29, 1.82) is 0 Å². The van der Waals surface area contributed by atoms with Gasteiger partial charge in [-0.3, -0.25) is 9.48 Å². The largest absolute Gasteiger partial charge is 0.452 e. The van der Waals surface area contributed by atoms with Crippen LogP contribution in [-0.2, 0) is 16.1 Å². The molecule has 126 valence electrons. The van der Waals surface area contributed by atoms with Gasteiger partial charge >= 0.3 is 5.97 Å². The molecule has 1 amide bonds. The number of benzene rings is 1. The van der Waals surface area contributed by atoms with E-state index in [0.717, 1.165) is 24.1 Å². The topological polar surface area (TPSA) is 73.2 Å². The van der Waals surface area contributed by atoms with Gasteiger partial charge in [-0.25, -0.2) is 4.79 Å². The zero-order chi connectivity index (χ0) is 17.1. The maximum atomic E-state index is 12.3. The number of hydrogen-bond donors (Lipinski definition) is 1. The molecular weight excluding hydrogens is 306 g/mol. The number of carbonyl (C=O) groups excluding carboxylic acids is 2. The molecule has 0 saturated heterocycles. The molecule has 0 unspecified atom stereocenters. The monoisotopic (exact) mass is 327 g/mol. The van der Waals surface area contributed by atoms with E-state index in [9.17, 15) is 9.59 Å². The first-order valence-corrected chi connectivity index (χ1v) is 8.09. The molecule has 0 spiro atoms. The standard InChI is InChI=1S/C18H21N3O3/c1-12-17(18(23)24-11-16(22)19-15-8-9-15)13(2)21(20-12)10-14-6-4-3-5-7-14/h3-7,15H,8-11H2,1-2H3,(H,19,22). The predicted molar refractivity (Wildman–Crippen MR) is 88.7 cm³/mol. The summed E-state index contributed by atoms with van der Waals surface area (Å²) >= 11 is 0. The number of aryl methyl sites for hydroxylation is 1. The van der Waals surface area contributed by atoms with Crippen LogP contribution in [0, 0.1) is 13.8 Å². The zero-order valence-corrected chi connectivity index (χ0v) is 13.9. The quantitative estimate of drug-likeness (QED) is 0.824. The second-order valence-electron chi connectivity index (χ2n) is 6.11. The second-order valence-corrected chi connectivity index (χ2v) is 6.11. The van der Waals surface area contributed by atoms with Gasteiger partial charge in [0.15, 0.2) is 6.61 Å². The molecule has 1 N–H and O–H groups in total. The third-order valence-corrected chi connectivity index (χ3v) is 4.04. The number of nitrogens with zero attached hydrogens (tertiary/aromatic N) is 2. The summed E-state index contributed by atoms with van der Waals surface area (Å²) in [5.41, 5.74) is 2.89. The third kappa shape index (κ3) is 3.82. The fourth-order valence-electron chi connectivity index (χ4n) is 2.60. The van der Waals surface area contributed by atoms with Gasteiger partial charge in [-0.2, -0.15) is 5.10 Å². The normalized spacial score (nSPS) is 13.6.